The largest absolute Gasteiger partial charge is 0.333 e. The molecule has 2 aromatic rings. The molecule has 0 heterocycles. The normalized spacial score (nSPS) is 10.1. The molecule has 0 amide bonds. The standard InChI is InChI=1S/C13H12N2S.C4H12N/c16-13(14-11-7-3-1-4-8-11)15-12-9-5-2-6-10-12;1-5(2,3)4/h1-10H,(H2,14,15,16);1-4H3/q;+1. The van der Waals surface area contributed by atoms with Gasteiger partial charge in [-0.3, -0.25) is 0 Å². The predicted octanol–water partition coefficient (Wildman–Crippen LogP) is 3.82. The minimum Gasteiger partial charge on any atom is -0.333 e. The van der Waals surface area contributed by atoms with Gasteiger partial charge in [-0.05, 0) is 36.5 Å². The number of thiocarbonyl (C=S) groups is 1. The highest BCUT2D eigenvalue weighted by atomic mass is 32.1. The molecule has 0 aromatic heterocycles. The number of para-hydroxylation sites is 2. The van der Waals surface area contributed by atoms with Crippen LogP contribution in [0.15, 0.2) is 60.7 Å². The Kier molecular flexibility index (Phi) is 6.85. The van der Waals surface area contributed by atoms with Crippen LogP contribution in [0.2, 0.25) is 0 Å². The van der Waals surface area contributed by atoms with E-state index in [2.05, 4.69) is 38.8 Å². The fourth-order valence-electron chi connectivity index (χ4n) is 1.34. The van der Waals surface area contributed by atoms with Gasteiger partial charge in [0.2, 0.25) is 0 Å². The van der Waals surface area contributed by atoms with Crippen LogP contribution in [-0.4, -0.2) is 37.8 Å². The van der Waals surface area contributed by atoms with E-state index in [9.17, 15) is 0 Å². The molecule has 0 radical (unpaired) electrons. The summed E-state index contributed by atoms with van der Waals surface area (Å²) in [5.74, 6) is 0. The quantitative estimate of drug-likeness (QED) is 0.651. The molecule has 0 unspecified atom stereocenters. The predicted molar refractivity (Wildman–Crippen MR) is 96.7 cm³/mol. The second kappa shape index (κ2) is 8.39. The van der Waals surface area contributed by atoms with Crippen LogP contribution in [0.4, 0.5) is 11.4 Å². The lowest BCUT2D eigenvalue weighted by Crippen LogP contribution is -2.27. The number of anilines is 2. The van der Waals surface area contributed by atoms with Gasteiger partial charge in [0.25, 0.3) is 0 Å². The molecule has 4 heteroatoms. The summed E-state index contributed by atoms with van der Waals surface area (Å²) in [6.07, 6.45) is 0. The van der Waals surface area contributed by atoms with Crippen LogP contribution in [0, 0.1) is 0 Å². The van der Waals surface area contributed by atoms with E-state index in [0.29, 0.717) is 5.11 Å². The van der Waals surface area contributed by atoms with Gasteiger partial charge < -0.3 is 15.1 Å². The summed E-state index contributed by atoms with van der Waals surface area (Å²) in [4.78, 5) is 0. The van der Waals surface area contributed by atoms with Gasteiger partial charge in [-0.15, -0.1) is 0 Å². The van der Waals surface area contributed by atoms with Crippen molar-refractivity contribution in [3.05, 3.63) is 60.7 Å². The second-order valence-corrected chi connectivity index (χ2v) is 6.40. The van der Waals surface area contributed by atoms with E-state index in [4.69, 9.17) is 12.2 Å². The first-order valence-electron chi connectivity index (χ1n) is 6.81. The summed E-state index contributed by atoms with van der Waals surface area (Å²) in [5.41, 5.74) is 1.96. The number of nitrogens with zero attached hydrogens (tertiary/aromatic N) is 1. The lowest BCUT2D eigenvalue weighted by molar-refractivity contribution is -0.849. The van der Waals surface area contributed by atoms with E-state index >= 15 is 0 Å². The van der Waals surface area contributed by atoms with Crippen molar-refractivity contribution < 1.29 is 4.48 Å². The van der Waals surface area contributed by atoms with Crippen molar-refractivity contribution in [2.45, 2.75) is 0 Å². The third kappa shape index (κ3) is 9.60. The van der Waals surface area contributed by atoms with E-state index < -0.39 is 0 Å². The molecule has 0 bridgehead atoms. The number of nitrogens with one attached hydrogen (secondary N) is 2. The molecule has 0 aliphatic heterocycles. The van der Waals surface area contributed by atoms with E-state index in [-0.39, 0.29) is 0 Å². The van der Waals surface area contributed by atoms with E-state index in [1.807, 2.05) is 60.7 Å². The summed E-state index contributed by atoms with van der Waals surface area (Å²) in [5, 5.41) is 6.82. The highest BCUT2D eigenvalue weighted by molar-refractivity contribution is 7.80. The molecule has 2 N–H and O–H groups in total. The van der Waals surface area contributed by atoms with Gasteiger partial charge in [-0.1, -0.05) is 36.4 Å². The lowest BCUT2D eigenvalue weighted by Gasteiger charge is -2.14. The number of hydrogen-bond donors (Lipinski definition) is 2. The average molecular weight is 302 g/mol. The number of hydrogen-bond acceptors (Lipinski definition) is 1. The zero-order chi connectivity index (χ0) is 15.7. The van der Waals surface area contributed by atoms with Crippen molar-refractivity contribution in [2.75, 3.05) is 38.8 Å². The first-order chi connectivity index (χ1) is 9.84. The molecule has 0 aliphatic rings. The van der Waals surface area contributed by atoms with E-state index in [0.717, 1.165) is 15.9 Å². The minimum atomic E-state index is 0.595. The second-order valence-electron chi connectivity index (χ2n) is 5.99. The fraction of sp³-hybridized carbons (Fsp3) is 0.235. The SMILES string of the molecule is C[N+](C)(C)C.S=C(Nc1ccccc1)Nc1ccccc1. The summed E-state index contributed by atoms with van der Waals surface area (Å²) in [6, 6.07) is 19.7. The maximum atomic E-state index is 5.20. The topological polar surface area (TPSA) is 24.1 Å². The Morgan fingerprint density at radius 1 is 0.714 bits per heavy atom. The van der Waals surface area contributed by atoms with Crippen LogP contribution >= 0.6 is 12.2 Å². The van der Waals surface area contributed by atoms with Crippen molar-refractivity contribution in [1.82, 2.24) is 0 Å². The van der Waals surface area contributed by atoms with Crippen LogP contribution < -0.4 is 10.6 Å². The number of quaternary nitrogens is 1. The smallest absolute Gasteiger partial charge is 0.175 e. The third-order valence-corrected chi connectivity index (χ3v) is 2.27. The van der Waals surface area contributed by atoms with Crippen molar-refractivity contribution in [3.8, 4) is 0 Å². The molecule has 0 saturated heterocycles. The molecule has 0 saturated carbocycles. The molecular weight excluding hydrogens is 278 g/mol. The molecule has 0 atom stereocenters. The van der Waals surface area contributed by atoms with Crippen LogP contribution in [-0.2, 0) is 0 Å². The van der Waals surface area contributed by atoms with Gasteiger partial charge in [-0.25, -0.2) is 0 Å². The average Bonchev–Trinajstić information content (AvgIpc) is 2.39. The van der Waals surface area contributed by atoms with E-state index in [1.54, 1.807) is 0 Å². The summed E-state index contributed by atoms with van der Waals surface area (Å²) in [7, 11) is 8.50. The number of benzene rings is 2. The molecule has 0 spiro atoms. The molecule has 0 fully saturated rings. The maximum Gasteiger partial charge on any atom is 0.175 e. The van der Waals surface area contributed by atoms with Crippen LogP contribution in [0.3, 0.4) is 0 Å². The Labute approximate surface area is 133 Å². The van der Waals surface area contributed by atoms with Crippen LogP contribution in [0.5, 0.6) is 0 Å². The summed E-state index contributed by atoms with van der Waals surface area (Å²) >= 11 is 5.20. The Balaban J connectivity index is 0.000000383. The van der Waals surface area contributed by atoms with Crippen molar-refractivity contribution in [2.24, 2.45) is 0 Å². The first-order valence-corrected chi connectivity index (χ1v) is 7.22. The molecule has 2 rings (SSSR count). The Morgan fingerprint density at radius 2 is 1.00 bits per heavy atom. The van der Waals surface area contributed by atoms with Gasteiger partial charge in [0, 0.05) is 11.4 Å². The molecular formula is C17H24N3S+. The van der Waals surface area contributed by atoms with Gasteiger partial charge in [0.05, 0.1) is 28.2 Å². The fourth-order valence-corrected chi connectivity index (χ4v) is 1.57. The highest BCUT2D eigenvalue weighted by Gasteiger charge is 1.96. The zero-order valence-electron chi connectivity index (χ0n) is 13.1. The Hall–Kier alpha value is -1.91. The molecule has 2 aromatic carbocycles. The molecule has 21 heavy (non-hydrogen) atoms. The Bertz CT molecular complexity index is 483. The van der Waals surface area contributed by atoms with E-state index in [1.165, 1.54) is 0 Å². The minimum absolute atomic E-state index is 0.595. The zero-order valence-corrected chi connectivity index (χ0v) is 13.9. The monoisotopic (exact) mass is 302 g/mol. The van der Waals surface area contributed by atoms with Crippen molar-refractivity contribution >= 4 is 28.7 Å². The van der Waals surface area contributed by atoms with Crippen molar-refractivity contribution in [1.29, 1.82) is 0 Å². The summed E-state index contributed by atoms with van der Waals surface area (Å²) in [6.45, 7) is 0. The van der Waals surface area contributed by atoms with Gasteiger partial charge in [-0.2, -0.15) is 0 Å². The third-order valence-electron chi connectivity index (χ3n) is 2.06. The van der Waals surface area contributed by atoms with Crippen LogP contribution in [0.1, 0.15) is 0 Å². The van der Waals surface area contributed by atoms with Gasteiger partial charge in [0.1, 0.15) is 0 Å². The maximum absolute atomic E-state index is 5.20. The van der Waals surface area contributed by atoms with Crippen molar-refractivity contribution in [3.63, 3.8) is 0 Å². The first kappa shape index (κ1) is 17.1. The summed E-state index contributed by atoms with van der Waals surface area (Å²) < 4.78 is 1.00. The number of rotatable bonds is 2. The highest BCUT2D eigenvalue weighted by Crippen LogP contribution is 2.08. The molecule has 112 valence electrons. The molecule has 3 nitrogen and oxygen atoms in total. The van der Waals surface area contributed by atoms with Crippen LogP contribution in [0.25, 0.3) is 0 Å². The van der Waals surface area contributed by atoms with Gasteiger partial charge in [0.15, 0.2) is 5.11 Å². The molecule has 0 aliphatic carbocycles. The lowest BCUT2D eigenvalue weighted by atomic mass is 10.3. The Morgan fingerprint density at radius 3 is 1.29 bits per heavy atom. The van der Waals surface area contributed by atoms with Gasteiger partial charge >= 0.3 is 0 Å².